The van der Waals surface area contributed by atoms with Gasteiger partial charge < -0.3 is 20.1 Å². The number of carbonyl (C=O) groups excluding carboxylic acids is 2. The highest BCUT2D eigenvalue weighted by Crippen LogP contribution is 2.13. The molecule has 2 atom stereocenters. The van der Waals surface area contributed by atoms with Gasteiger partial charge in [-0.25, -0.2) is 9.59 Å². The molecule has 6 heteroatoms. The number of carbonyl (C=O) groups is 2. The molecule has 0 radical (unpaired) electrons. The summed E-state index contributed by atoms with van der Waals surface area (Å²) >= 11 is 0. The van der Waals surface area contributed by atoms with Crippen LogP contribution in [0.15, 0.2) is 42.5 Å². The molecule has 1 aromatic carbocycles. The third-order valence-electron chi connectivity index (χ3n) is 3.30. The molecule has 1 aliphatic carbocycles. The van der Waals surface area contributed by atoms with Crippen molar-refractivity contribution in [3.63, 3.8) is 0 Å². The van der Waals surface area contributed by atoms with E-state index in [0.29, 0.717) is 6.42 Å². The quantitative estimate of drug-likeness (QED) is 0.831. The molecule has 0 bridgehead atoms. The Hall–Kier alpha value is -2.50. The molecule has 0 spiro atoms. The molecule has 0 aromatic heterocycles. The highest BCUT2D eigenvalue weighted by Gasteiger charge is 2.24. The summed E-state index contributed by atoms with van der Waals surface area (Å²) in [5.74, 6) is 0. The van der Waals surface area contributed by atoms with Crippen molar-refractivity contribution in [1.29, 1.82) is 0 Å². The number of amides is 2. The van der Waals surface area contributed by atoms with Crippen LogP contribution in [0.25, 0.3) is 0 Å². The van der Waals surface area contributed by atoms with Crippen molar-refractivity contribution in [3.8, 4) is 0 Å². The number of ether oxygens (including phenoxy) is 2. The topological polar surface area (TPSA) is 76.7 Å². The van der Waals surface area contributed by atoms with Gasteiger partial charge in [-0.15, -0.1) is 0 Å². The van der Waals surface area contributed by atoms with Gasteiger partial charge in [0.2, 0.25) is 0 Å². The summed E-state index contributed by atoms with van der Waals surface area (Å²) in [5.41, 5.74) is 0.393. The van der Waals surface area contributed by atoms with E-state index in [1.807, 2.05) is 63.3 Å². The third kappa shape index (κ3) is 6.32. The summed E-state index contributed by atoms with van der Waals surface area (Å²) in [6.45, 7) is 5.65. The first-order chi connectivity index (χ1) is 11.3. The molecule has 0 saturated carbocycles. The standard InChI is InChI=1S/C18H24N2O4/c1-18(2,3)24-17(22)20-15-10-9-14(11-15)19-16(21)23-12-13-7-5-4-6-8-13/h4-10,14-15H,11-12H2,1-3H3,(H,19,21)(H,20,22). The first kappa shape index (κ1) is 17.8. The molecule has 24 heavy (non-hydrogen) atoms. The highest BCUT2D eigenvalue weighted by molar-refractivity contribution is 5.69. The summed E-state index contributed by atoms with van der Waals surface area (Å²) in [6, 6.07) is 9.14. The van der Waals surface area contributed by atoms with Gasteiger partial charge in [0.25, 0.3) is 0 Å². The number of alkyl carbamates (subject to hydrolysis) is 2. The van der Waals surface area contributed by atoms with Crippen molar-refractivity contribution in [2.45, 2.75) is 51.5 Å². The first-order valence-electron chi connectivity index (χ1n) is 7.97. The van der Waals surface area contributed by atoms with Gasteiger partial charge in [-0.2, -0.15) is 0 Å². The Balaban J connectivity index is 1.69. The number of benzene rings is 1. The lowest BCUT2D eigenvalue weighted by molar-refractivity contribution is 0.0513. The van der Waals surface area contributed by atoms with E-state index in [9.17, 15) is 9.59 Å². The van der Waals surface area contributed by atoms with Crippen molar-refractivity contribution in [2.24, 2.45) is 0 Å². The Morgan fingerprint density at radius 3 is 2.21 bits per heavy atom. The van der Waals surface area contributed by atoms with Gasteiger partial charge in [-0.3, -0.25) is 0 Å². The monoisotopic (exact) mass is 332 g/mol. The van der Waals surface area contributed by atoms with E-state index in [1.165, 1.54) is 0 Å². The number of hydrogen-bond donors (Lipinski definition) is 2. The van der Waals surface area contributed by atoms with Crippen LogP contribution in [-0.2, 0) is 16.1 Å². The second-order valence-electron chi connectivity index (χ2n) is 6.69. The minimum atomic E-state index is -0.536. The molecule has 1 aliphatic rings. The Morgan fingerprint density at radius 2 is 1.62 bits per heavy atom. The van der Waals surface area contributed by atoms with Crippen LogP contribution in [0.2, 0.25) is 0 Å². The lowest BCUT2D eigenvalue weighted by atomic mass is 10.2. The molecule has 130 valence electrons. The van der Waals surface area contributed by atoms with Crippen molar-refractivity contribution in [3.05, 3.63) is 48.0 Å². The molecule has 0 fully saturated rings. The zero-order valence-electron chi connectivity index (χ0n) is 14.2. The van der Waals surface area contributed by atoms with Crippen LogP contribution in [0, 0.1) is 0 Å². The van der Waals surface area contributed by atoms with Crippen molar-refractivity contribution >= 4 is 12.2 Å². The normalized spacial score (nSPS) is 19.6. The van der Waals surface area contributed by atoms with Crippen LogP contribution in [0.3, 0.4) is 0 Å². The number of hydrogen-bond acceptors (Lipinski definition) is 4. The van der Waals surface area contributed by atoms with Crippen LogP contribution < -0.4 is 10.6 Å². The average molecular weight is 332 g/mol. The van der Waals surface area contributed by atoms with Crippen LogP contribution in [0.5, 0.6) is 0 Å². The Labute approximate surface area is 142 Å². The van der Waals surface area contributed by atoms with Crippen molar-refractivity contribution in [1.82, 2.24) is 10.6 Å². The maximum absolute atomic E-state index is 11.8. The zero-order chi connectivity index (χ0) is 17.6. The lowest BCUT2D eigenvalue weighted by Gasteiger charge is -2.21. The maximum Gasteiger partial charge on any atom is 0.408 e. The minimum Gasteiger partial charge on any atom is -0.445 e. The molecular formula is C18H24N2O4. The van der Waals surface area contributed by atoms with E-state index in [-0.39, 0.29) is 18.7 Å². The molecule has 1 aromatic rings. The van der Waals surface area contributed by atoms with Crippen molar-refractivity contribution < 1.29 is 19.1 Å². The Kier molecular flexibility index (Phi) is 5.84. The van der Waals surface area contributed by atoms with E-state index in [1.54, 1.807) is 0 Å². The van der Waals surface area contributed by atoms with E-state index in [4.69, 9.17) is 9.47 Å². The van der Waals surface area contributed by atoms with Gasteiger partial charge in [0.15, 0.2) is 0 Å². The van der Waals surface area contributed by atoms with E-state index in [0.717, 1.165) is 5.56 Å². The van der Waals surface area contributed by atoms with Gasteiger partial charge in [0.05, 0.1) is 12.1 Å². The van der Waals surface area contributed by atoms with Gasteiger partial charge >= 0.3 is 12.2 Å². The Morgan fingerprint density at radius 1 is 1.04 bits per heavy atom. The van der Waals surface area contributed by atoms with Gasteiger partial charge in [-0.1, -0.05) is 42.5 Å². The number of nitrogens with one attached hydrogen (secondary N) is 2. The van der Waals surface area contributed by atoms with E-state index >= 15 is 0 Å². The second-order valence-corrected chi connectivity index (χ2v) is 6.69. The predicted octanol–water partition coefficient (Wildman–Crippen LogP) is 3.13. The predicted molar refractivity (Wildman–Crippen MR) is 90.5 cm³/mol. The molecule has 2 rings (SSSR count). The van der Waals surface area contributed by atoms with Crippen LogP contribution >= 0.6 is 0 Å². The summed E-state index contributed by atoms with van der Waals surface area (Å²) in [7, 11) is 0. The lowest BCUT2D eigenvalue weighted by Crippen LogP contribution is -2.40. The molecule has 0 heterocycles. The fraction of sp³-hybridized carbons (Fsp3) is 0.444. The molecular weight excluding hydrogens is 308 g/mol. The molecule has 6 nitrogen and oxygen atoms in total. The van der Waals surface area contributed by atoms with Crippen LogP contribution in [-0.4, -0.2) is 29.9 Å². The SMILES string of the molecule is CC(C)(C)OC(=O)NC1C=CC(NC(=O)OCc2ccccc2)C1. The molecule has 0 aliphatic heterocycles. The van der Waals surface area contributed by atoms with Gasteiger partial charge in [0.1, 0.15) is 12.2 Å². The second kappa shape index (κ2) is 7.86. The van der Waals surface area contributed by atoms with Crippen LogP contribution in [0.4, 0.5) is 9.59 Å². The van der Waals surface area contributed by atoms with E-state index < -0.39 is 17.8 Å². The first-order valence-corrected chi connectivity index (χ1v) is 7.97. The average Bonchev–Trinajstić information content (AvgIpc) is 2.91. The van der Waals surface area contributed by atoms with Crippen LogP contribution in [0.1, 0.15) is 32.8 Å². The molecule has 2 N–H and O–H groups in total. The van der Waals surface area contributed by atoms with Gasteiger partial charge in [0, 0.05) is 0 Å². The number of rotatable bonds is 4. The Bertz CT molecular complexity index is 593. The minimum absolute atomic E-state index is 0.167. The molecule has 0 saturated heterocycles. The largest absolute Gasteiger partial charge is 0.445 e. The molecule has 2 amide bonds. The van der Waals surface area contributed by atoms with Crippen molar-refractivity contribution in [2.75, 3.05) is 0 Å². The van der Waals surface area contributed by atoms with E-state index in [2.05, 4.69) is 10.6 Å². The van der Waals surface area contributed by atoms with Gasteiger partial charge in [-0.05, 0) is 32.8 Å². The fourth-order valence-electron chi connectivity index (χ4n) is 2.29. The fourth-order valence-corrected chi connectivity index (χ4v) is 2.29. The zero-order valence-corrected chi connectivity index (χ0v) is 14.2. The molecule has 2 unspecified atom stereocenters. The highest BCUT2D eigenvalue weighted by atomic mass is 16.6. The summed E-state index contributed by atoms with van der Waals surface area (Å²) < 4.78 is 10.4. The maximum atomic E-state index is 11.8. The smallest absolute Gasteiger partial charge is 0.408 e. The summed E-state index contributed by atoms with van der Waals surface area (Å²) in [5, 5.41) is 5.52. The summed E-state index contributed by atoms with van der Waals surface area (Å²) in [6.07, 6.45) is 3.30. The third-order valence-corrected chi connectivity index (χ3v) is 3.30. The summed E-state index contributed by atoms with van der Waals surface area (Å²) in [4.78, 5) is 23.5.